The van der Waals surface area contributed by atoms with Crippen LogP contribution in [0.15, 0.2) is 52.9 Å². The van der Waals surface area contributed by atoms with E-state index in [4.69, 9.17) is 4.42 Å². The molecule has 0 amide bonds. The van der Waals surface area contributed by atoms with Crippen molar-refractivity contribution in [2.45, 2.75) is 12.5 Å². The van der Waals surface area contributed by atoms with Crippen LogP contribution in [0.4, 0.5) is 8.78 Å². The van der Waals surface area contributed by atoms with Gasteiger partial charge in [0.15, 0.2) is 0 Å². The first-order valence-electron chi connectivity index (χ1n) is 6.76. The molecule has 1 unspecified atom stereocenters. The van der Waals surface area contributed by atoms with Gasteiger partial charge in [0.1, 0.15) is 23.0 Å². The molecule has 3 aromatic rings. The van der Waals surface area contributed by atoms with Crippen molar-refractivity contribution in [1.29, 1.82) is 0 Å². The average molecular weight is 287 g/mol. The van der Waals surface area contributed by atoms with Crippen LogP contribution in [0.3, 0.4) is 0 Å². The second kappa shape index (κ2) is 5.66. The lowest BCUT2D eigenvalue weighted by atomic mass is 10.0. The van der Waals surface area contributed by atoms with Crippen LogP contribution in [-0.4, -0.2) is 7.05 Å². The molecular weight excluding hydrogens is 272 g/mol. The van der Waals surface area contributed by atoms with Gasteiger partial charge in [-0.2, -0.15) is 0 Å². The highest BCUT2D eigenvalue weighted by atomic mass is 19.1. The van der Waals surface area contributed by atoms with E-state index >= 15 is 0 Å². The summed E-state index contributed by atoms with van der Waals surface area (Å²) in [5.74, 6) is 0.164. The molecule has 1 heterocycles. The Balaban J connectivity index is 1.90. The molecule has 0 aliphatic heterocycles. The van der Waals surface area contributed by atoms with E-state index in [-0.39, 0.29) is 17.7 Å². The van der Waals surface area contributed by atoms with Crippen LogP contribution in [0.1, 0.15) is 17.4 Å². The third-order valence-corrected chi connectivity index (χ3v) is 3.52. The van der Waals surface area contributed by atoms with Crippen LogP contribution >= 0.6 is 0 Å². The molecule has 0 aliphatic carbocycles. The Morgan fingerprint density at radius 3 is 2.62 bits per heavy atom. The van der Waals surface area contributed by atoms with Gasteiger partial charge < -0.3 is 9.73 Å². The van der Waals surface area contributed by atoms with Gasteiger partial charge in [-0.1, -0.05) is 12.1 Å². The smallest absolute Gasteiger partial charge is 0.134 e. The van der Waals surface area contributed by atoms with Gasteiger partial charge in [0.05, 0.1) is 6.04 Å². The van der Waals surface area contributed by atoms with Crippen molar-refractivity contribution in [3.63, 3.8) is 0 Å². The number of hydrogen-bond donors (Lipinski definition) is 1. The number of halogens is 2. The number of rotatable bonds is 4. The van der Waals surface area contributed by atoms with E-state index in [0.29, 0.717) is 17.8 Å². The van der Waals surface area contributed by atoms with Crippen molar-refractivity contribution in [3.05, 3.63) is 71.5 Å². The van der Waals surface area contributed by atoms with E-state index in [1.807, 2.05) is 19.2 Å². The highest BCUT2D eigenvalue weighted by molar-refractivity contribution is 5.78. The third kappa shape index (κ3) is 2.95. The normalized spacial score (nSPS) is 12.7. The predicted molar refractivity (Wildman–Crippen MR) is 78.1 cm³/mol. The topological polar surface area (TPSA) is 25.2 Å². The highest BCUT2D eigenvalue weighted by Gasteiger charge is 2.16. The van der Waals surface area contributed by atoms with E-state index < -0.39 is 0 Å². The summed E-state index contributed by atoms with van der Waals surface area (Å²) in [7, 11) is 1.82. The Kier molecular flexibility index (Phi) is 3.71. The van der Waals surface area contributed by atoms with Crippen molar-refractivity contribution < 1.29 is 13.2 Å². The van der Waals surface area contributed by atoms with Gasteiger partial charge in [-0.05, 0) is 55.4 Å². The molecule has 4 heteroatoms. The first-order chi connectivity index (χ1) is 10.2. The molecule has 2 nitrogen and oxygen atoms in total. The van der Waals surface area contributed by atoms with Crippen molar-refractivity contribution >= 4 is 11.0 Å². The largest absolute Gasteiger partial charge is 0.459 e. The third-order valence-electron chi connectivity index (χ3n) is 3.52. The first-order valence-corrected chi connectivity index (χ1v) is 6.76. The number of furan rings is 1. The Hall–Kier alpha value is -2.20. The number of benzene rings is 2. The van der Waals surface area contributed by atoms with Gasteiger partial charge in [-0.15, -0.1) is 0 Å². The fourth-order valence-electron chi connectivity index (χ4n) is 2.45. The molecule has 0 aliphatic rings. The van der Waals surface area contributed by atoms with E-state index in [2.05, 4.69) is 5.32 Å². The molecule has 108 valence electrons. The number of hydrogen-bond acceptors (Lipinski definition) is 2. The number of fused-ring (bicyclic) bond motifs is 1. The van der Waals surface area contributed by atoms with Crippen LogP contribution in [0.2, 0.25) is 0 Å². The second-order valence-electron chi connectivity index (χ2n) is 5.01. The molecule has 0 radical (unpaired) electrons. The van der Waals surface area contributed by atoms with Crippen LogP contribution in [0.25, 0.3) is 11.0 Å². The molecule has 21 heavy (non-hydrogen) atoms. The molecule has 0 saturated heterocycles. The highest BCUT2D eigenvalue weighted by Crippen LogP contribution is 2.26. The van der Waals surface area contributed by atoms with Gasteiger partial charge in [-0.3, -0.25) is 0 Å². The maximum Gasteiger partial charge on any atom is 0.134 e. The average Bonchev–Trinajstić information content (AvgIpc) is 2.87. The van der Waals surface area contributed by atoms with Gasteiger partial charge in [-0.25, -0.2) is 8.78 Å². The first kappa shape index (κ1) is 13.8. The van der Waals surface area contributed by atoms with Crippen molar-refractivity contribution in [3.8, 4) is 0 Å². The van der Waals surface area contributed by atoms with Crippen molar-refractivity contribution in [2.75, 3.05) is 7.05 Å². The summed E-state index contributed by atoms with van der Waals surface area (Å²) in [4.78, 5) is 0. The van der Waals surface area contributed by atoms with Gasteiger partial charge in [0.25, 0.3) is 0 Å². The molecule has 0 fully saturated rings. The van der Waals surface area contributed by atoms with Crippen LogP contribution in [0.5, 0.6) is 0 Å². The van der Waals surface area contributed by atoms with Crippen LogP contribution in [-0.2, 0) is 6.42 Å². The summed E-state index contributed by atoms with van der Waals surface area (Å²) < 4.78 is 32.2. The second-order valence-corrected chi connectivity index (χ2v) is 5.01. The zero-order valence-electron chi connectivity index (χ0n) is 11.6. The molecular formula is C17H15F2NO. The summed E-state index contributed by atoms with van der Waals surface area (Å²) in [6.45, 7) is 0. The van der Waals surface area contributed by atoms with E-state index in [9.17, 15) is 8.78 Å². The van der Waals surface area contributed by atoms with E-state index in [1.165, 1.54) is 24.3 Å². The lowest BCUT2D eigenvalue weighted by molar-refractivity contribution is 0.450. The molecule has 0 bridgehead atoms. The number of nitrogens with one attached hydrogen (secondary N) is 1. The summed E-state index contributed by atoms with van der Waals surface area (Å²) in [6, 6.07) is 12.6. The standard InChI is InChI=1S/C17H15F2NO/c1-20-15(8-11-3-2-4-13(18)7-11)17-10-12-9-14(19)5-6-16(12)21-17/h2-7,9-10,15,20H,8H2,1H3. The molecule has 1 aromatic heterocycles. The molecule has 2 aromatic carbocycles. The SMILES string of the molecule is CNC(Cc1cccc(F)c1)c1cc2cc(F)ccc2o1. The van der Waals surface area contributed by atoms with Gasteiger partial charge in [0.2, 0.25) is 0 Å². The minimum Gasteiger partial charge on any atom is -0.459 e. The Bertz CT molecular complexity index is 766. The quantitative estimate of drug-likeness (QED) is 0.777. The van der Waals surface area contributed by atoms with Crippen LogP contribution < -0.4 is 5.32 Å². The van der Waals surface area contributed by atoms with Crippen molar-refractivity contribution in [1.82, 2.24) is 5.32 Å². The fraction of sp³-hybridized carbons (Fsp3) is 0.176. The van der Waals surface area contributed by atoms with E-state index in [1.54, 1.807) is 12.1 Å². The van der Waals surface area contributed by atoms with Crippen molar-refractivity contribution in [2.24, 2.45) is 0 Å². The van der Waals surface area contributed by atoms with Gasteiger partial charge in [0, 0.05) is 5.39 Å². The minimum absolute atomic E-state index is 0.0951. The lowest BCUT2D eigenvalue weighted by Gasteiger charge is -2.13. The maximum atomic E-state index is 13.3. The Labute approximate surface area is 121 Å². The predicted octanol–water partition coefficient (Wildman–Crippen LogP) is 4.21. The van der Waals surface area contributed by atoms with E-state index in [0.717, 1.165) is 10.9 Å². The zero-order chi connectivity index (χ0) is 14.8. The fourth-order valence-corrected chi connectivity index (χ4v) is 2.45. The van der Waals surface area contributed by atoms with Crippen LogP contribution in [0, 0.1) is 11.6 Å². The summed E-state index contributed by atoms with van der Waals surface area (Å²) in [5.41, 5.74) is 1.52. The Morgan fingerprint density at radius 2 is 1.86 bits per heavy atom. The zero-order valence-corrected chi connectivity index (χ0v) is 11.6. The molecule has 0 saturated carbocycles. The minimum atomic E-state index is -0.291. The lowest BCUT2D eigenvalue weighted by Crippen LogP contribution is -2.18. The summed E-state index contributed by atoms with van der Waals surface area (Å²) in [5, 5.41) is 3.88. The Morgan fingerprint density at radius 1 is 1.05 bits per heavy atom. The molecule has 1 atom stereocenters. The molecule has 0 spiro atoms. The number of likely N-dealkylation sites (N-methyl/N-ethyl adjacent to an activating group) is 1. The monoisotopic (exact) mass is 287 g/mol. The summed E-state index contributed by atoms with van der Waals surface area (Å²) >= 11 is 0. The summed E-state index contributed by atoms with van der Waals surface area (Å²) in [6.07, 6.45) is 0.594. The molecule has 3 rings (SSSR count). The molecule has 1 N–H and O–H groups in total. The van der Waals surface area contributed by atoms with Gasteiger partial charge >= 0.3 is 0 Å². The maximum absolute atomic E-state index is 13.3.